The van der Waals surface area contributed by atoms with Crippen LogP contribution < -0.4 is 21.0 Å². The molecule has 5 rings (SSSR count). The van der Waals surface area contributed by atoms with Gasteiger partial charge in [-0.25, -0.2) is 13.8 Å². The number of anilines is 1. The van der Waals surface area contributed by atoms with Gasteiger partial charge in [0.25, 0.3) is 12.3 Å². The van der Waals surface area contributed by atoms with Gasteiger partial charge in [0.05, 0.1) is 12.7 Å². The number of ether oxygens (including phenoxy) is 1. The number of halogens is 2. The molecule has 3 aliphatic heterocycles. The summed E-state index contributed by atoms with van der Waals surface area (Å²) in [6, 6.07) is 0.303. The number of thioether (sulfide) groups is 1. The Balaban J connectivity index is 0.00000121. The number of dihydropyridines is 1. The number of pyridine rings is 1. The van der Waals surface area contributed by atoms with Gasteiger partial charge in [0.1, 0.15) is 17.6 Å². The highest BCUT2D eigenvalue weighted by Gasteiger charge is 2.34. The van der Waals surface area contributed by atoms with Crippen LogP contribution >= 0.6 is 11.8 Å². The van der Waals surface area contributed by atoms with Crippen molar-refractivity contribution in [3.63, 3.8) is 0 Å². The normalized spacial score (nSPS) is 22.0. The number of amides is 2. The van der Waals surface area contributed by atoms with E-state index in [1.165, 1.54) is 37.3 Å². The Bertz CT molecular complexity index is 1330. The van der Waals surface area contributed by atoms with Gasteiger partial charge in [0.2, 0.25) is 5.91 Å². The fourth-order valence-electron chi connectivity index (χ4n) is 4.45. The van der Waals surface area contributed by atoms with Gasteiger partial charge in [-0.1, -0.05) is 53.4 Å². The summed E-state index contributed by atoms with van der Waals surface area (Å²) in [6.07, 6.45) is 4.69. The van der Waals surface area contributed by atoms with Gasteiger partial charge in [-0.2, -0.15) is 5.10 Å². The maximum Gasteiger partial charge on any atom is 0.261 e. The van der Waals surface area contributed by atoms with Crippen LogP contribution in [0.1, 0.15) is 83.1 Å². The standard InChI is InChI=1S/C27H30F2N6O3S.2C2H6/c1-27(2)8-9-35(23(36)12-27)21-11-16(17-10-19(24(28)29)30-14-20(17)38-3)18(13-31-21)25(37)32-26-34-33-22(39-26)7-6-15-4-5-15;2*1-2/h10-11,13-15,19,22,24,30,33H,4-5,8-9,12H2,1-3H3,(H,32,34,37);2*1-2H3. The van der Waals surface area contributed by atoms with E-state index in [0.29, 0.717) is 41.0 Å². The van der Waals surface area contributed by atoms with Crippen molar-refractivity contribution in [2.75, 3.05) is 18.6 Å². The molecule has 1 saturated heterocycles. The van der Waals surface area contributed by atoms with Crippen LogP contribution in [0.5, 0.6) is 0 Å². The zero-order chi connectivity index (χ0) is 31.7. The molecular weight excluding hydrogens is 574 g/mol. The minimum atomic E-state index is -2.69. The van der Waals surface area contributed by atoms with Gasteiger partial charge < -0.3 is 10.1 Å². The molecule has 234 valence electrons. The number of nitrogens with zero attached hydrogens (tertiary/aromatic N) is 3. The smallest absolute Gasteiger partial charge is 0.261 e. The molecule has 1 aliphatic carbocycles. The molecule has 2 unspecified atom stereocenters. The number of alkyl halides is 2. The second kappa shape index (κ2) is 15.2. The van der Waals surface area contributed by atoms with Crippen LogP contribution in [0, 0.1) is 23.2 Å². The minimum Gasteiger partial charge on any atom is -0.495 e. The fraction of sp³-hybridized carbons (Fsp3) is 0.548. The van der Waals surface area contributed by atoms with E-state index >= 15 is 0 Å². The summed E-state index contributed by atoms with van der Waals surface area (Å²) < 4.78 is 32.8. The average molecular weight is 617 g/mol. The van der Waals surface area contributed by atoms with Gasteiger partial charge in [-0.15, -0.1) is 0 Å². The van der Waals surface area contributed by atoms with Crippen LogP contribution in [-0.4, -0.2) is 53.5 Å². The van der Waals surface area contributed by atoms with Crippen LogP contribution in [0.15, 0.2) is 35.4 Å². The SMILES string of the molecule is CC.CC.COC1=CNC(C(F)F)C=C1c1cc(N2CCC(C)(C)CC2=O)ncc1C(=O)NC1=NNC(C#CC2CC2)S1. The van der Waals surface area contributed by atoms with Crippen LogP contribution in [0.3, 0.4) is 0 Å². The van der Waals surface area contributed by atoms with Crippen molar-refractivity contribution in [3.8, 4) is 11.8 Å². The molecular formula is C31H42F2N6O3S. The Morgan fingerprint density at radius 1 is 1.23 bits per heavy atom. The molecule has 0 aromatic carbocycles. The summed E-state index contributed by atoms with van der Waals surface area (Å²) >= 11 is 1.28. The number of piperidine rings is 1. The number of nitrogens with one attached hydrogen (secondary N) is 3. The number of carbonyl (C=O) groups is 2. The van der Waals surface area contributed by atoms with Crippen molar-refractivity contribution < 1.29 is 23.1 Å². The lowest BCUT2D eigenvalue weighted by molar-refractivity contribution is -0.122. The van der Waals surface area contributed by atoms with E-state index in [1.54, 1.807) is 11.0 Å². The summed E-state index contributed by atoms with van der Waals surface area (Å²) in [5, 5.41) is 9.62. The number of hydrazone groups is 1. The van der Waals surface area contributed by atoms with Crippen LogP contribution in [0.25, 0.3) is 5.57 Å². The van der Waals surface area contributed by atoms with E-state index in [2.05, 4.69) is 38.0 Å². The van der Waals surface area contributed by atoms with Crippen molar-refractivity contribution in [1.82, 2.24) is 21.0 Å². The number of amidine groups is 1. The number of methoxy groups -OCH3 is 1. The third kappa shape index (κ3) is 8.72. The first-order valence-electron chi connectivity index (χ1n) is 14.8. The molecule has 2 atom stereocenters. The first kappa shape index (κ1) is 33.9. The molecule has 1 aromatic heterocycles. The molecule has 2 amide bonds. The molecule has 12 heteroatoms. The highest BCUT2D eigenvalue weighted by molar-refractivity contribution is 8.14. The summed E-state index contributed by atoms with van der Waals surface area (Å²) in [6.45, 7) is 12.5. The lowest BCUT2D eigenvalue weighted by Gasteiger charge is -2.36. The van der Waals surface area contributed by atoms with Crippen molar-refractivity contribution in [3.05, 3.63) is 41.4 Å². The zero-order valence-electron chi connectivity index (χ0n) is 25.9. The molecule has 2 fully saturated rings. The Hall–Kier alpha value is -3.59. The molecule has 0 spiro atoms. The lowest BCUT2D eigenvalue weighted by atomic mass is 9.82. The number of hydrogen-bond acceptors (Lipinski definition) is 8. The predicted octanol–water partition coefficient (Wildman–Crippen LogP) is 5.47. The second-order valence-corrected chi connectivity index (χ2v) is 11.7. The Morgan fingerprint density at radius 2 is 1.95 bits per heavy atom. The van der Waals surface area contributed by atoms with Gasteiger partial charge >= 0.3 is 0 Å². The maximum absolute atomic E-state index is 13.7. The Labute approximate surface area is 257 Å². The topological polar surface area (TPSA) is 108 Å². The van der Waals surface area contributed by atoms with E-state index in [0.717, 1.165) is 19.3 Å². The molecule has 4 heterocycles. The minimum absolute atomic E-state index is 0.0877. The molecule has 9 nitrogen and oxygen atoms in total. The highest BCUT2D eigenvalue weighted by Crippen LogP contribution is 2.36. The van der Waals surface area contributed by atoms with Crippen LogP contribution in [-0.2, 0) is 9.53 Å². The predicted molar refractivity (Wildman–Crippen MR) is 168 cm³/mol. The fourth-order valence-corrected chi connectivity index (χ4v) is 5.17. The van der Waals surface area contributed by atoms with Crippen molar-refractivity contribution in [2.45, 2.75) is 85.1 Å². The van der Waals surface area contributed by atoms with Gasteiger partial charge in [-0.3, -0.25) is 25.2 Å². The first-order chi connectivity index (χ1) is 20.6. The monoisotopic (exact) mass is 616 g/mol. The first-order valence-corrected chi connectivity index (χ1v) is 15.6. The number of carbonyl (C=O) groups excluding carboxylic acids is 2. The number of hydrogen-bond donors (Lipinski definition) is 3. The van der Waals surface area contributed by atoms with Crippen molar-refractivity contribution in [1.29, 1.82) is 0 Å². The molecule has 1 saturated carbocycles. The largest absolute Gasteiger partial charge is 0.495 e. The summed E-state index contributed by atoms with van der Waals surface area (Å²) in [7, 11) is 1.42. The van der Waals surface area contributed by atoms with E-state index in [1.807, 2.05) is 41.5 Å². The lowest BCUT2D eigenvalue weighted by Crippen LogP contribution is -2.42. The maximum atomic E-state index is 13.7. The summed E-state index contributed by atoms with van der Waals surface area (Å²) in [5.41, 5.74) is 3.51. The van der Waals surface area contributed by atoms with Gasteiger partial charge in [-0.05, 0) is 48.6 Å². The van der Waals surface area contributed by atoms with Crippen molar-refractivity contribution >= 4 is 40.1 Å². The molecule has 4 aliphatic rings. The Kier molecular flexibility index (Phi) is 12.0. The highest BCUT2D eigenvalue weighted by atomic mass is 32.2. The quantitative estimate of drug-likeness (QED) is 0.377. The van der Waals surface area contributed by atoms with E-state index in [4.69, 9.17) is 4.74 Å². The number of rotatable bonds is 5. The van der Waals surface area contributed by atoms with E-state index < -0.39 is 18.4 Å². The second-order valence-electron chi connectivity index (χ2n) is 10.6. The molecule has 3 N–H and O–H groups in total. The molecule has 0 radical (unpaired) electrons. The molecule has 43 heavy (non-hydrogen) atoms. The summed E-state index contributed by atoms with van der Waals surface area (Å²) in [4.78, 5) is 32.4. The average Bonchev–Trinajstić information content (AvgIpc) is 3.74. The van der Waals surface area contributed by atoms with E-state index in [-0.39, 0.29) is 28.0 Å². The van der Waals surface area contributed by atoms with Crippen molar-refractivity contribution in [2.24, 2.45) is 16.4 Å². The number of allylic oxidation sites excluding steroid dienone is 1. The molecule has 0 bridgehead atoms. The summed E-state index contributed by atoms with van der Waals surface area (Å²) in [5.74, 6) is 6.72. The third-order valence-electron chi connectivity index (χ3n) is 6.88. The Morgan fingerprint density at radius 3 is 2.58 bits per heavy atom. The van der Waals surface area contributed by atoms with E-state index in [9.17, 15) is 18.4 Å². The third-order valence-corrected chi connectivity index (χ3v) is 7.76. The molecule has 1 aromatic rings. The number of aromatic nitrogens is 1. The zero-order valence-corrected chi connectivity index (χ0v) is 26.7. The van der Waals surface area contributed by atoms with Gasteiger partial charge in [0, 0.05) is 42.4 Å². The van der Waals surface area contributed by atoms with Gasteiger partial charge in [0.15, 0.2) is 10.5 Å². The van der Waals surface area contributed by atoms with Crippen LogP contribution in [0.2, 0.25) is 0 Å². The van der Waals surface area contributed by atoms with Crippen LogP contribution in [0.4, 0.5) is 14.6 Å².